The highest BCUT2D eigenvalue weighted by atomic mass is 35.5. The first-order valence-electron chi connectivity index (χ1n) is 5.44. The molecule has 0 radical (unpaired) electrons. The first kappa shape index (κ1) is 14.2. The maximum Gasteiger partial charge on any atom is 0.338 e. The predicted molar refractivity (Wildman–Crippen MR) is 78.3 cm³/mol. The molecule has 1 aliphatic carbocycles. The number of rotatable bonds is 2. The van der Waals surface area contributed by atoms with Crippen LogP contribution in [0.4, 0.5) is 0 Å². The summed E-state index contributed by atoms with van der Waals surface area (Å²) in [6, 6.07) is 9.52. The fourth-order valence-electron chi connectivity index (χ4n) is 1.78. The Morgan fingerprint density at radius 1 is 1.11 bits per heavy atom. The van der Waals surface area contributed by atoms with Crippen molar-refractivity contribution in [1.82, 2.24) is 0 Å². The average Bonchev–Trinajstić information content (AvgIpc) is 2.36. The van der Waals surface area contributed by atoms with E-state index in [9.17, 15) is 4.79 Å². The third-order valence-electron chi connectivity index (χ3n) is 2.67. The Labute approximate surface area is 125 Å². The van der Waals surface area contributed by atoms with Gasteiger partial charge in [0.05, 0.1) is 15.6 Å². The molecule has 0 amide bonds. The molecular weight excluding hydrogens is 307 g/mol. The summed E-state index contributed by atoms with van der Waals surface area (Å²) in [5.74, 6) is -1.17. The Morgan fingerprint density at radius 3 is 2.32 bits per heavy atom. The molecule has 98 valence electrons. The van der Waals surface area contributed by atoms with Crippen molar-refractivity contribution in [3.05, 3.63) is 62.1 Å². The number of halogens is 3. The Kier molecular flexibility index (Phi) is 4.35. The Bertz CT molecular complexity index is 613. The summed E-state index contributed by atoms with van der Waals surface area (Å²) < 4.78 is 0. The van der Waals surface area contributed by atoms with Crippen molar-refractivity contribution in [1.29, 1.82) is 0 Å². The minimum absolute atomic E-state index is 0.0207. The summed E-state index contributed by atoms with van der Waals surface area (Å²) in [6.45, 7) is 0. The minimum Gasteiger partial charge on any atom is -0.478 e. The number of carbonyl (C=O) groups is 1. The van der Waals surface area contributed by atoms with Gasteiger partial charge in [0.2, 0.25) is 0 Å². The fourth-order valence-corrected chi connectivity index (χ4v) is 2.68. The van der Waals surface area contributed by atoms with Crippen molar-refractivity contribution >= 4 is 46.8 Å². The molecule has 5 heteroatoms. The molecule has 1 aromatic carbocycles. The maximum absolute atomic E-state index is 11.0. The van der Waals surface area contributed by atoms with E-state index in [2.05, 4.69) is 0 Å². The maximum atomic E-state index is 11.0. The zero-order chi connectivity index (χ0) is 14.0. The second-order valence-electron chi connectivity index (χ2n) is 3.97. The molecule has 2 rings (SSSR count). The number of aliphatic carboxylic acids is 1. The van der Waals surface area contributed by atoms with Crippen molar-refractivity contribution in [2.75, 3.05) is 0 Å². The monoisotopic (exact) mass is 314 g/mol. The molecule has 0 atom stereocenters. The van der Waals surface area contributed by atoms with Crippen LogP contribution in [0.25, 0.3) is 6.08 Å². The first-order chi connectivity index (χ1) is 9.00. The van der Waals surface area contributed by atoms with E-state index in [-0.39, 0.29) is 27.1 Å². The van der Waals surface area contributed by atoms with Gasteiger partial charge < -0.3 is 5.11 Å². The van der Waals surface area contributed by atoms with Gasteiger partial charge in [-0.2, -0.15) is 0 Å². The van der Waals surface area contributed by atoms with Crippen molar-refractivity contribution in [2.24, 2.45) is 0 Å². The fraction of sp³-hybridized carbons (Fsp3) is 0.0714. The lowest BCUT2D eigenvalue weighted by molar-refractivity contribution is -0.132. The summed E-state index contributed by atoms with van der Waals surface area (Å²) in [6.07, 6.45) is 2.10. The molecule has 1 aliphatic rings. The van der Waals surface area contributed by atoms with E-state index >= 15 is 0 Å². The minimum atomic E-state index is -1.17. The quantitative estimate of drug-likeness (QED) is 0.856. The summed E-state index contributed by atoms with van der Waals surface area (Å²) in [5.41, 5.74) is 1.52. The topological polar surface area (TPSA) is 37.3 Å². The summed E-state index contributed by atoms with van der Waals surface area (Å²) >= 11 is 18.1. The SMILES string of the molecule is O=C(O)C1=C(Cl)CC(=Cc2ccccc2)C(Cl)=C1Cl. The number of benzene rings is 1. The largest absolute Gasteiger partial charge is 0.478 e. The summed E-state index contributed by atoms with van der Waals surface area (Å²) in [4.78, 5) is 11.0. The van der Waals surface area contributed by atoms with Gasteiger partial charge in [-0.25, -0.2) is 4.79 Å². The van der Waals surface area contributed by atoms with Crippen LogP contribution in [0.5, 0.6) is 0 Å². The number of carboxylic acid groups (broad SMARTS) is 1. The average molecular weight is 316 g/mol. The molecule has 0 unspecified atom stereocenters. The van der Waals surface area contributed by atoms with Crippen LogP contribution in [0, 0.1) is 0 Å². The third kappa shape index (κ3) is 3.03. The van der Waals surface area contributed by atoms with E-state index in [1.807, 2.05) is 36.4 Å². The zero-order valence-electron chi connectivity index (χ0n) is 9.66. The van der Waals surface area contributed by atoms with Gasteiger partial charge in [0, 0.05) is 11.5 Å². The number of hydrogen-bond donors (Lipinski definition) is 1. The van der Waals surface area contributed by atoms with E-state index in [0.717, 1.165) is 5.56 Å². The molecule has 0 bridgehead atoms. The van der Waals surface area contributed by atoms with Crippen molar-refractivity contribution in [3.63, 3.8) is 0 Å². The van der Waals surface area contributed by atoms with Gasteiger partial charge in [-0.15, -0.1) is 0 Å². The summed E-state index contributed by atoms with van der Waals surface area (Å²) in [7, 11) is 0. The van der Waals surface area contributed by atoms with Crippen LogP contribution < -0.4 is 0 Å². The van der Waals surface area contributed by atoms with E-state index in [1.54, 1.807) is 0 Å². The third-order valence-corrected chi connectivity index (χ3v) is 3.89. The molecule has 0 aliphatic heterocycles. The lowest BCUT2D eigenvalue weighted by Gasteiger charge is -2.17. The molecule has 0 aromatic heterocycles. The molecule has 19 heavy (non-hydrogen) atoms. The van der Waals surface area contributed by atoms with Crippen LogP contribution in [-0.2, 0) is 4.79 Å². The van der Waals surface area contributed by atoms with Gasteiger partial charge >= 0.3 is 5.97 Å². The highest BCUT2D eigenvalue weighted by Gasteiger charge is 2.26. The van der Waals surface area contributed by atoms with Gasteiger partial charge in [-0.3, -0.25) is 0 Å². The summed E-state index contributed by atoms with van der Waals surface area (Å²) in [5, 5.41) is 9.43. The van der Waals surface area contributed by atoms with Gasteiger partial charge in [0.1, 0.15) is 0 Å². The van der Waals surface area contributed by atoms with Crippen molar-refractivity contribution in [2.45, 2.75) is 6.42 Å². The van der Waals surface area contributed by atoms with Gasteiger partial charge in [0.25, 0.3) is 0 Å². The van der Waals surface area contributed by atoms with Crippen LogP contribution in [0.1, 0.15) is 12.0 Å². The standard InChI is InChI=1S/C14H9Cl3O2/c15-10-7-9(6-8-4-2-1-3-5-8)12(16)13(17)11(10)14(18)19/h1-6H,7H2,(H,18,19). The Balaban J connectivity index is 2.45. The Morgan fingerprint density at radius 2 is 1.74 bits per heavy atom. The van der Waals surface area contributed by atoms with Gasteiger partial charge in [-0.05, 0) is 17.2 Å². The molecule has 0 saturated carbocycles. The van der Waals surface area contributed by atoms with E-state index in [0.29, 0.717) is 5.57 Å². The smallest absolute Gasteiger partial charge is 0.338 e. The van der Waals surface area contributed by atoms with Gasteiger partial charge in [0.15, 0.2) is 0 Å². The second kappa shape index (κ2) is 5.83. The van der Waals surface area contributed by atoms with E-state index in [4.69, 9.17) is 39.9 Å². The molecule has 0 saturated heterocycles. The molecule has 2 nitrogen and oxygen atoms in total. The number of allylic oxidation sites excluding steroid dienone is 3. The van der Waals surface area contributed by atoms with Crippen LogP contribution in [0.15, 0.2) is 56.6 Å². The predicted octanol–water partition coefficient (Wildman–Crippen LogP) is 4.74. The molecule has 1 aromatic rings. The first-order valence-corrected chi connectivity index (χ1v) is 6.57. The van der Waals surface area contributed by atoms with E-state index in [1.165, 1.54) is 0 Å². The Hall–Kier alpha value is -1.22. The van der Waals surface area contributed by atoms with Crippen molar-refractivity contribution in [3.8, 4) is 0 Å². The highest BCUT2D eigenvalue weighted by Crippen LogP contribution is 2.40. The van der Waals surface area contributed by atoms with E-state index < -0.39 is 5.97 Å². The molecule has 0 heterocycles. The van der Waals surface area contributed by atoms with Crippen LogP contribution in [0.3, 0.4) is 0 Å². The van der Waals surface area contributed by atoms with Crippen molar-refractivity contribution < 1.29 is 9.90 Å². The lowest BCUT2D eigenvalue weighted by atomic mass is 9.99. The van der Waals surface area contributed by atoms with Crippen LogP contribution in [-0.4, -0.2) is 11.1 Å². The van der Waals surface area contributed by atoms with Gasteiger partial charge in [-0.1, -0.05) is 65.1 Å². The van der Waals surface area contributed by atoms with Crippen LogP contribution in [0.2, 0.25) is 0 Å². The number of carboxylic acids is 1. The molecular formula is C14H9Cl3O2. The normalized spacial score (nSPS) is 18.2. The zero-order valence-corrected chi connectivity index (χ0v) is 11.9. The molecule has 0 fully saturated rings. The molecule has 0 spiro atoms. The molecule has 1 N–H and O–H groups in total. The second-order valence-corrected chi connectivity index (χ2v) is 5.18. The number of hydrogen-bond acceptors (Lipinski definition) is 1. The highest BCUT2D eigenvalue weighted by molar-refractivity contribution is 6.46. The lowest BCUT2D eigenvalue weighted by Crippen LogP contribution is -2.09. The van der Waals surface area contributed by atoms with Crippen LogP contribution >= 0.6 is 34.8 Å².